The van der Waals surface area contributed by atoms with Crippen LogP contribution < -0.4 is 0 Å². The van der Waals surface area contributed by atoms with E-state index < -0.39 is 0 Å². The van der Waals surface area contributed by atoms with Gasteiger partial charge in [-0.2, -0.15) is 0 Å². The number of nitrogens with zero attached hydrogens (tertiary/aromatic N) is 1. The predicted molar refractivity (Wildman–Crippen MR) is 82.8 cm³/mol. The minimum absolute atomic E-state index is 0.148. The Balaban J connectivity index is 2.01. The molecule has 1 amide bonds. The molecule has 0 bridgehead atoms. The number of carbonyl (C=O) groups is 1. The summed E-state index contributed by atoms with van der Waals surface area (Å²) in [6, 6.07) is 8.40. The minimum Gasteiger partial charge on any atom is -0.336 e. The Morgan fingerprint density at radius 2 is 2.11 bits per heavy atom. The van der Waals surface area contributed by atoms with Crippen LogP contribution in [-0.4, -0.2) is 23.4 Å². The fraction of sp³-hybridized carbons (Fsp3) is 0.438. The molecule has 1 aromatic rings. The molecule has 0 spiro atoms. The highest BCUT2D eigenvalue weighted by atomic mass is 79.9. The van der Waals surface area contributed by atoms with Crippen LogP contribution in [-0.2, 0) is 4.79 Å². The molecule has 3 heteroatoms. The van der Waals surface area contributed by atoms with E-state index in [4.69, 9.17) is 0 Å². The van der Waals surface area contributed by atoms with Crippen LogP contribution in [0.15, 0.2) is 34.8 Å². The lowest BCUT2D eigenvalue weighted by Gasteiger charge is -2.34. The maximum absolute atomic E-state index is 12.2. The highest BCUT2D eigenvalue weighted by molar-refractivity contribution is 9.10. The van der Waals surface area contributed by atoms with Gasteiger partial charge in [0.1, 0.15) is 0 Å². The summed E-state index contributed by atoms with van der Waals surface area (Å²) in [5.41, 5.74) is 1.06. The third-order valence-electron chi connectivity index (χ3n) is 3.67. The van der Waals surface area contributed by atoms with Gasteiger partial charge in [0.05, 0.1) is 0 Å². The molecular weight excluding hydrogens is 302 g/mol. The van der Waals surface area contributed by atoms with Gasteiger partial charge in [0.25, 0.3) is 0 Å². The van der Waals surface area contributed by atoms with Crippen molar-refractivity contribution in [3.63, 3.8) is 0 Å². The maximum atomic E-state index is 12.2. The van der Waals surface area contributed by atoms with E-state index in [-0.39, 0.29) is 5.91 Å². The molecule has 1 heterocycles. The molecule has 0 unspecified atom stereocenters. The number of benzene rings is 1. The standard InChI is InChI=1S/C16H20BrNO/c1-2-15-5-3-4-12-18(15)16(19)11-8-13-6-9-14(17)10-7-13/h6-11,15H,2-5,12H2,1H3/b11-8+/t15-/m0/s1. The minimum atomic E-state index is 0.148. The SMILES string of the molecule is CC[C@H]1CCCCN1C(=O)/C=C/c1ccc(Br)cc1. The summed E-state index contributed by atoms with van der Waals surface area (Å²) in [4.78, 5) is 14.3. The molecule has 1 saturated heterocycles. The van der Waals surface area contributed by atoms with Crippen molar-refractivity contribution in [1.29, 1.82) is 0 Å². The fourth-order valence-electron chi connectivity index (χ4n) is 2.55. The topological polar surface area (TPSA) is 20.3 Å². The second-order valence-corrected chi connectivity index (χ2v) is 5.89. The first-order valence-electron chi connectivity index (χ1n) is 6.95. The van der Waals surface area contributed by atoms with Gasteiger partial charge in [-0.3, -0.25) is 4.79 Å². The van der Waals surface area contributed by atoms with Gasteiger partial charge in [-0.15, -0.1) is 0 Å². The van der Waals surface area contributed by atoms with Gasteiger partial charge in [-0.05, 0) is 49.5 Å². The van der Waals surface area contributed by atoms with Crippen LogP contribution >= 0.6 is 15.9 Å². The first-order chi connectivity index (χ1) is 9.20. The molecule has 0 aliphatic carbocycles. The van der Waals surface area contributed by atoms with Gasteiger partial charge in [0.2, 0.25) is 5.91 Å². The van der Waals surface area contributed by atoms with Gasteiger partial charge in [0.15, 0.2) is 0 Å². The van der Waals surface area contributed by atoms with E-state index >= 15 is 0 Å². The monoisotopic (exact) mass is 321 g/mol. The lowest BCUT2D eigenvalue weighted by atomic mass is 10.00. The lowest BCUT2D eigenvalue weighted by Crippen LogP contribution is -2.42. The Morgan fingerprint density at radius 3 is 2.79 bits per heavy atom. The third kappa shape index (κ3) is 3.93. The van der Waals surface area contributed by atoms with E-state index in [9.17, 15) is 4.79 Å². The molecule has 0 radical (unpaired) electrons. The summed E-state index contributed by atoms with van der Waals surface area (Å²) in [5.74, 6) is 0.148. The first kappa shape index (κ1) is 14.3. The molecule has 102 valence electrons. The fourth-order valence-corrected chi connectivity index (χ4v) is 2.82. The number of likely N-dealkylation sites (tertiary alicyclic amines) is 1. The van der Waals surface area contributed by atoms with Crippen molar-refractivity contribution in [3.05, 3.63) is 40.4 Å². The molecule has 0 aromatic heterocycles. The smallest absolute Gasteiger partial charge is 0.246 e. The molecule has 0 N–H and O–H groups in total. The van der Waals surface area contributed by atoms with E-state index in [1.165, 1.54) is 6.42 Å². The number of carbonyl (C=O) groups excluding carboxylic acids is 1. The normalized spacial score (nSPS) is 19.9. The molecule has 1 atom stereocenters. The average molecular weight is 322 g/mol. The number of halogens is 1. The highest BCUT2D eigenvalue weighted by Crippen LogP contribution is 2.20. The summed E-state index contributed by atoms with van der Waals surface area (Å²) in [6.07, 6.45) is 8.19. The Morgan fingerprint density at radius 1 is 1.37 bits per heavy atom. The van der Waals surface area contributed by atoms with Crippen molar-refractivity contribution in [2.45, 2.75) is 38.6 Å². The molecule has 1 aliphatic heterocycles. The van der Waals surface area contributed by atoms with Crippen LogP contribution in [0.1, 0.15) is 38.2 Å². The van der Waals surface area contributed by atoms with E-state index in [1.807, 2.05) is 35.2 Å². The molecule has 1 aliphatic rings. The number of rotatable bonds is 3. The van der Waals surface area contributed by atoms with E-state index in [1.54, 1.807) is 6.08 Å². The zero-order chi connectivity index (χ0) is 13.7. The lowest BCUT2D eigenvalue weighted by molar-refractivity contribution is -0.129. The van der Waals surface area contributed by atoms with E-state index in [0.717, 1.165) is 35.8 Å². The maximum Gasteiger partial charge on any atom is 0.246 e. The molecule has 0 saturated carbocycles. The second kappa shape index (κ2) is 6.90. The van der Waals surface area contributed by atoms with Gasteiger partial charge in [0, 0.05) is 23.1 Å². The van der Waals surface area contributed by atoms with Crippen molar-refractivity contribution in [3.8, 4) is 0 Å². The summed E-state index contributed by atoms with van der Waals surface area (Å²) < 4.78 is 1.05. The van der Waals surface area contributed by atoms with Crippen molar-refractivity contribution in [2.75, 3.05) is 6.54 Å². The molecular formula is C16H20BrNO. The molecule has 2 rings (SSSR count). The summed E-state index contributed by atoms with van der Waals surface area (Å²) in [6.45, 7) is 3.07. The summed E-state index contributed by atoms with van der Waals surface area (Å²) in [5, 5.41) is 0. The number of amides is 1. The molecule has 1 fully saturated rings. The van der Waals surface area contributed by atoms with E-state index in [0.29, 0.717) is 6.04 Å². The van der Waals surface area contributed by atoms with Crippen molar-refractivity contribution in [1.82, 2.24) is 4.90 Å². The summed E-state index contributed by atoms with van der Waals surface area (Å²) >= 11 is 3.41. The molecule has 2 nitrogen and oxygen atoms in total. The quantitative estimate of drug-likeness (QED) is 0.762. The number of hydrogen-bond donors (Lipinski definition) is 0. The van der Waals surface area contributed by atoms with Crippen LogP contribution in [0, 0.1) is 0 Å². The zero-order valence-corrected chi connectivity index (χ0v) is 12.9. The Hall–Kier alpha value is -1.09. The van der Waals surface area contributed by atoms with Crippen LogP contribution in [0.2, 0.25) is 0 Å². The van der Waals surface area contributed by atoms with Gasteiger partial charge < -0.3 is 4.90 Å². The van der Waals surface area contributed by atoms with Crippen LogP contribution in [0.5, 0.6) is 0 Å². The Labute approximate surface area is 123 Å². The zero-order valence-electron chi connectivity index (χ0n) is 11.3. The van der Waals surface area contributed by atoms with Crippen molar-refractivity contribution < 1.29 is 4.79 Å². The largest absolute Gasteiger partial charge is 0.336 e. The average Bonchev–Trinajstić information content (AvgIpc) is 2.46. The summed E-state index contributed by atoms with van der Waals surface area (Å²) in [7, 11) is 0. The molecule has 19 heavy (non-hydrogen) atoms. The molecule has 1 aromatic carbocycles. The first-order valence-corrected chi connectivity index (χ1v) is 7.74. The third-order valence-corrected chi connectivity index (χ3v) is 4.20. The Kier molecular flexibility index (Phi) is 5.20. The van der Waals surface area contributed by atoms with Crippen LogP contribution in [0.25, 0.3) is 6.08 Å². The highest BCUT2D eigenvalue weighted by Gasteiger charge is 2.23. The Bertz CT molecular complexity index is 452. The predicted octanol–water partition coefficient (Wildman–Crippen LogP) is 4.25. The second-order valence-electron chi connectivity index (χ2n) is 4.97. The number of piperidine rings is 1. The van der Waals surface area contributed by atoms with Gasteiger partial charge in [-0.1, -0.05) is 35.0 Å². The van der Waals surface area contributed by atoms with Crippen LogP contribution in [0.3, 0.4) is 0 Å². The number of hydrogen-bond acceptors (Lipinski definition) is 1. The van der Waals surface area contributed by atoms with Gasteiger partial charge >= 0.3 is 0 Å². The van der Waals surface area contributed by atoms with Crippen molar-refractivity contribution in [2.24, 2.45) is 0 Å². The van der Waals surface area contributed by atoms with Crippen molar-refractivity contribution >= 4 is 27.9 Å². The van der Waals surface area contributed by atoms with Crippen LogP contribution in [0.4, 0.5) is 0 Å². The van der Waals surface area contributed by atoms with Gasteiger partial charge in [-0.25, -0.2) is 0 Å². The van der Waals surface area contributed by atoms with E-state index in [2.05, 4.69) is 22.9 Å².